The number of amides is 2. The van der Waals surface area contributed by atoms with Crippen LogP contribution in [0.5, 0.6) is 0 Å². The van der Waals surface area contributed by atoms with Gasteiger partial charge in [0.15, 0.2) is 22.8 Å². The molecule has 2 amide bonds. The smallest absolute Gasteiger partial charge is 0.386 e. The molecular formula is C35H56N7O17P3S. The summed E-state index contributed by atoms with van der Waals surface area (Å²) >= 11 is 1.11. The molecule has 1 fully saturated rings. The predicted octanol–water partition coefficient (Wildman–Crippen LogP) is 2.69. The first-order valence-electron chi connectivity index (χ1n) is 19.6. The number of allylic oxidation sites excluding steroid dienone is 6. The van der Waals surface area contributed by atoms with Gasteiger partial charge >= 0.3 is 23.5 Å². The molecule has 0 saturated carbocycles. The number of nitrogen functional groups attached to an aromatic ring is 1. The van der Waals surface area contributed by atoms with Crippen molar-refractivity contribution >= 4 is 69.1 Å². The molecule has 3 heterocycles. The van der Waals surface area contributed by atoms with Crippen molar-refractivity contribution < 1.29 is 80.5 Å². The molecule has 0 aliphatic carbocycles. The molecule has 0 radical (unpaired) electrons. The fourth-order valence-electron chi connectivity index (χ4n) is 5.56. The Balaban J connectivity index is 1.37. The van der Waals surface area contributed by atoms with Crippen molar-refractivity contribution in [1.82, 2.24) is 30.2 Å². The van der Waals surface area contributed by atoms with E-state index in [0.29, 0.717) is 12.2 Å². The van der Waals surface area contributed by atoms with Crippen LogP contribution in [0.4, 0.5) is 5.82 Å². The molecule has 7 unspecified atom stereocenters. The number of nitrogens with zero attached hydrogens (tertiary/aromatic N) is 4. The number of phosphoric ester groups is 3. The van der Waals surface area contributed by atoms with E-state index in [9.17, 15) is 57.9 Å². The minimum Gasteiger partial charge on any atom is -0.386 e. The third-order valence-corrected chi connectivity index (χ3v) is 12.8. The number of thioether (sulfide) groups is 1. The third-order valence-electron chi connectivity index (χ3n) is 8.80. The summed E-state index contributed by atoms with van der Waals surface area (Å²) < 4.78 is 62.3. The topological polar surface area (TPSA) is 364 Å². The number of anilines is 1. The number of imidazole rings is 1. The average Bonchev–Trinajstić information content (AvgIpc) is 3.76. The molecule has 7 atom stereocenters. The van der Waals surface area contributed by atoms with Crippen LogP contribution in [0.1, 0.15) is 71.9 Å². The lowest BCUT2D eigenvalue weighted by atomic mass is 9.87. The zero-order valence-electron chi connectivity index (χ0n) is 34.8. The molecule has 1 aliphatic heterocycles. The Hall–Kier alpha value is -3.22. The van der Waals surface area contributed by atoms with Crippen LogP contribution >= 0.6 is 35.2 Å². The number of fused-ring (bicyclic) bond motifs is 1. The van der Waals surface area contributed by atoms with Gasteiger partial charge in [-0.3, -0.25) is 32.5 Å². The van der Waals surface area contributed by atoms with E-state index < -0.39 is 84.6 Å². The van der Waals surface area contributed by atoms with Crippen LogP contribution in [0, 0.1) is 5.41 Å². The maximum Gasteiger partial charge on any atom is 0.481 e. The van der Waals surface area contributed by atoms with Gasteiger partial charge in [-0.2, -0.15) is 4.31 Å². The Labute approximate surface area is 367 Å². The number of hydrogen-bond acceptors (Lipinski definition) is 18. The molecule has 3 rings (SSSR count). The Bertz CT molecular complexity index is 2070. The number of nitrogens with two attached hydrogens (primary N) is 1. The van der Waals surface area contributed by atoms with Crippen molar-refractivity contribution in [3.05, 3.63) is 49.1 Å². The van der Waals surface area contributed by atoms with Crippen LogP contribution < -0.4 is 16.4 Å². The normalized spacial score (nSPS) is 21.0. The highest BCUT2D eigenvalue weighted by Gasteiger charge is 2.50. The lowest BCUT2D eigenvalue weighted by Gasteiger charge is -2.30. The molecule has 1 saturated heterocycles. The number of nitrogens with one attached hydrogen (secondary N) is 2. The molecule has 1 aliphatic rings. The van der Waals surface area contributed by atoms with Gasteiger partial charge in [0.1, 0.15) is 36.3 Å². The highest BCUT2D eigenvalue weighted by Crippen LogP contribution is 2.61. The van der Waals surface area contributed by atoms with E-state index in [-0.39, 0.29) is 41.6 Å². The van der Waals surface area contributed by atoms with Gasteiger partial charge in [-0.1, -0.05) is 69.0 Å². The summed E-state index contributed by atoms with van der Waals surface area (Å²) in [4.78, 5) is 88.1. The first kappa shape index (κ1) is 54.1. The first-order chi connectivity index (χ1) is 29.6. The van der Waals surface area contributed by atoms with Gasteiger partial charge in [-0.15, -0.1) is 0 Å². The van der Waals surface area contributed by atoms with E-state index in [1.807, 2.05) is 6.08 Å². The standard InChI is InChI=1S/C35H56N7O17P3S/c1-4-5-6-7-8-9-10-11-12-13-14-15-26(44)63-19-18-37-25(43)16-17-38-33(47)30(46)35(2,3)21-56-62(53,54)59-61(51,52)55-20-24-29(58-60(48,49)50)28(45)34(57-24)42-23-41-27-31(36)39-22-40-32(27)42/h5-6,8-9,11-12,22-24,28-30,34,45-46H,4,7,10,13-21H2,1-3H3,(H,37,43)(H,38,47)(H,51,52)(H,53,54)(H2,36,39,40)(H2,48,49,50)/b6-5+,9-8+,12-11+. The molecule has 354 valence electrons. The summed E-state index contributed by atoms with van der Waals surface area (Å²) in [6, 6.07) is 0. The summed E-state index contributed by atoms with van der Waals surface area (Å²) in [5, 5.41) is 26.5. The van der Waals surface area contributed by atoms with Crippen molar-refractivity contribution in [3.8, 4) is 0 Å². The van der Waals surface area contributed by atoms with Crippen molar-refractivity contribution in [1.29, 1.82) is 0 Å². The molecule has 0 aromatic carbocycles. The number of phosphoric acid groups is 3. The van der Waals surface area contributed by atoms with Gasteiger partial charge < -0.3 is 50.9 Å². The lowest BCUT2D eigenvalue weighted by molar-refractivity contribution is -0.137. The van der Waals surface area contributed by atoms with Gasteiger partial charge in [0.25, 0.3) is 0 Å². The minimum atomic E-state index is -5.58. The minimum absolute atomic E-state index is 0.0113. The second-order valence-corrected chi connectivity index (χ2v) is 19.9. The van der Waals surface area contributed by atoms with E-state index in [2.05, 4.69) is 71.7 Å². The summed E-state index contributed by atoms with van der Waals surface area (Å²) in [6.45, 7) is 2.60. The van der Waals surface area contributed by atoms with Crippen LogP contribution in [0.15, 0.2) is 49.1 Å². The van der Waals surface area contributed by atoms with Crippen molar-refractivity contribution in [2.45, 2.75) is 96.4 Å². The second kappa shape index (κ2) is 25.5. The highest BCUT2D eigenvalue weighted by molar-refractivity contribution is 8.13. The summed E-state index contributed by atoms with van der Waals surface area (Å²) in [5.74, 6) is -1.08. The van der Waals surface area contributed by atoms with Crippen LogP contribution in [0.25, 0.3) is 11.2 Å². The Morgan fingerprint density at radius 3 is 2.32 bits per heavy atom. The number of rotatable bonds is 28. The van der Waals surface area contributed by atoms with E-state index in [1.165, 1.54) is 13.8 Å². The third kappa shape index (κ3) is 19.0. The number of carbonyl (C=O) groups excluding carboxylic acids is 3. The molecule has 2 aromatic heterocycles. The fourth-order valence-corrected chi connectivity index (χ4v) is 9.11. The zero-order valence-corrected chi connectivity index (χ0v) is 38.3. The average molecular weight is 972 g/mol. The number of aromatic nitrogens is 4. The number of unbranched alkanes of at least 4 members (excludes halogenated alkanes) is 1. The number of hydrogen-bond donors (Lipinski definition) is 9. The summed E-state index contributed by atoms with van der Waals surface area (Å²) in [5.41, 5.74) is 4.27. The Morgan fingerprint density at radius 2 is 1.63 bits per heavy atom. The van der Waals surface area contributed by atoms with Crippen LogP contribution in [0.3, 0.4) is 0 Å². The van der Waals surface area contributed by atoms with Gasteiger partial charge in [-0.05, 0) is 32.1 Å². The molecule has 10 N–H and O–H groups in total. The molecule has 28 heteroatoms. The largest absolute Gasteiger partial charge is 0.481 e. The monoisotopic (exact) mass is 971 g/mol. The first-order valence-corrected chi connectivity index (χ1v) is 25.1. The van der Waals surface area contributed by atoms with Gasteiger partial charge in [0, 0.05) is 37.1 Å². The molecule has 63 heavy (non-hydrogen) atoms. The van der Waals surface area contributed by atoms with E-state index in [1.54, 1.807) is 0 Å². The maximum atomic E-state index is 12.7. The molecule has 2 aromatic rings. The Kier molecular flexibility index (Phi) is 21.9. The van der Waals surface area contributed by atoms with Crippen LogP contribution in [-0.4, -0.2) is 123 Å². The molecular weight excluding hydrogens is 915 g/mol. The predicted molar refractivity (Wildman–Crippen MR) is 228 cm³/mol. The lowest BCUT2D eigenvalue weighted by Crippen LogP contribution is -2.46. The molecule has 0 spiro atoms. The number of aliphatic hydroxyl groups is 2. The maximum absolute atomic E-state index is 12.7. The summed E-state index contributed by atoms with van der Waals surface area (Å²) in [7, 11) is -16.4. The highest BCUT2D eigenvalue weighted by atomic mass is 32.2. The molecule has 24 nitrogen and oxygen atoms in total. The van der Waals surface area contributed by atoms with Gasteiger partial charge in [-0.25, -0.2) is 28.6 Å². The van der Waals surface area contributed by atoms with Crippen molar-refractivity contribution in [2.75, 3.05) is 37.8 Å². The van der Waals surface area contributed by atoms with Gasteiger partial charge in [0.05, 0.1) is 19.5 Å². The second-order valence-electron chi connectivity index (χ2n) is 14.5. The fraction of sp³-hybridized carbons (Fsp3) is 0.600. The number of aliphatic hydroxyl groups excluding tert-OH is 2. The van der Waals surface area contributed by atoms with E-state index >= 15 is 0 Å². The van der Waals surface area contributed by atoms with E-state index in [0.717, 1.165) is 61.1 Å². The Morgan fingerprint density at radius 1 is 0.968 bits per heavy atom. The number of carbonyl (C=O) groups is 3. The van der Waals surface area contributed by atoms with Crippen molar-refractivity contribution in [3.63, 3.8) is 0 Å². The zero-order chi connectivity index (χ0) is 46.8. The summed E-state index contributed by atoms with van der Waals surface area (Å²) in [6.07, 6.45) is 10.3. The van der Waals surface area contributed by atoms with Crippen LogP contribution in [-0.2, 0) is 50.7 Å². The quantitative estimate of drug-likeness (QED) is 0.0336. The van der Waals surface area contributed by atoms with Gasteiger partial charge in [0.2, 0.25) is 11.8 Å². The number of ether oxygens (including phenoxy) is 1. The van der Waals surface area contributed by atoms with E-state index in [4.69, 9.17) is 19.5 Å². The van der Waals surface area contributed by atoms with Crippen molar-refractivity contribution in [2.24, 2.45) is 5.41 Å². The molecule has 0 bridgehead atoms. The van der Waals surface area contributed by atoms with Crippen LogP contribution in [0.2, 0.25) is 0 Å². The SMILES string of the molecule is CC/C=C/C/C=C/C/C=C/CCCC(=O)SCCNC(=O)CCNC(=O)C(O)C(C)(C)COP(=O)(O)OP(=O)(O)OCC1OC(n2cnc3c(N)ncnc32)C(O)C1OP(=O)(O)O.